The molecule has 2 aliphatic carbocycles. The van der Waals surface area contributed by atoms with E-state index in [1.54, 1.807) is 7.05 Å². The standard InChI is InChI=1S/C24H32N4O3/c1-24(2,3)31-18-8-6-5-7-17(18)14-27-23(25-4)26-11-12-28-21(29)19-15-9-10-16(13-15)20(19)22(28)30/h5-10,15-16,19-20H,11-14H2,1-4H3,(H2,25,26,27). The van der Waals surface area contributed by atoms with Gasteiger partial charge in [0.05, 0.1) is 11.8 Å². The number of amides is 2. The molecular formula is C24H32N4O3. The van der Waals surface area contributed by atoms with Crippen LogP contribution in [-0.2, 0) is 16.1 Å². The van der Waals surface area contributed by atoms with Crippen molar-refractivity contribution in [2.75, 3.05) is 20.1 Å². The van der Waals surface area contributed by atoms with Crippen LogP contribution in [-0.4, -0.2) is 48.4 Å². The van der Waals surface area contributed by atoms with E-state index in [1.165, 1.54) is 4.90 Å². The minimum Gasteiger partial charge on any atom is -0.488 e. The fraction of sp³-hybridized carbons (Fsp3) is 0.542. The van der Waals surface area contributed by atoms with Gasteiger partial charge in [0, 0.05) is 32.2 Å². The number of carbonyl (C=O) groups is 2. The van der Waals surface area contributed by atoms with Gasteiger partial charge >= 0.3 is 0 Å². The summed E-state index contributed by atoms with van der Waals surface area (Å²) >= 11 is 0. The van der Waals surface area contributed by atoms with Crippen molar-refractivity contribution in [1.82, 2.24) is 15.5 Å². The van der Waals surface area contributed by atoms with Crippen LogP contribution in [0.15, 0.2) is 41.4 Å². The molecule has 0 radical (unpaired) electrons. The number of nitrogens with one attached hydrogen (secondary N) is 2. The van der Waals surface area contributed by atoms with E-state index in [2.05, 4.69) is 27.8 Å². The Bertz CT molecular complexity index is 888. The maximum Gasteiger partial charge on any atom is 0.233 e. The number of fused-ring (bicyclic) bond motifs is 5. The molecular weight excluding hydrogens is 392 g/mol. The number of benzene rings is 1. The number of nitrogens with zero attached hydrogens (tertiary/aromatic N) is 2. The summed E-state index contributed by atoms with van der Waals surface area (Å²) < 4.78 is 6.04. The zero-order valence-electron chi connectivity index (χ0n) is 18.7. The highest BCUT2D eigenvalue weighted by Gasteiger charge is 2.58. The maximum atomic E-state index is 12.8. The third-order valence-electron chi connectivity index (χ3n) is 6.25. The Morgan fingerprint density at radius 2 is 1.74 bits per heavy atom. The van der Waals surface area contributed by atoms with Crippen molar-refractivity contribution < 1.29 is 14.3 Å². The molecule has 1 heterocycles. The molecule has 2 fully saturated rings. The molecule has 0 spiro atoms. The average molecular weight is 425 g/mol. The molecule has 1 aromatic carbocycles. The summed E-state index contributed by atoms with van der Waals surface area (Å²) in [5.41, 5.74) is 0.749. The summed E-state index contributed by atoms with van der Waals surface area (Å²) in [7, 11) is 1.70. The minimum absolute atomic E-state index is 0.00940. The minimum atomic E-state index is -0.280. The van der Waals surface area contributed by atoms with Gasteiger partial charge in [-0.2, -0.15) is 0 Å². The number of hydrogen-bond donors (Lipinski definition) is 2. The molecule has 2 N–H and O–H groups in total. The molecule has 3 aliphatic rings. The molecule has 2 bridgehead atoms. The van der Waals surface area contributed by atoms with Gasteiger partial charge in [0.1, 0.15) is 11.4 Å². The number of allylic oxidation sites excluding steroid dienone is 2. The largest absolute Gasteiger partial charge is 0.488 e. The zero-order chi connectivity index (χ0) is 22.2. The molecule has 2 amide bonds. The number of carbonyl (C=O) groups excluding carboxylic acids is 2. The lowest BCUT2D eigenvalue weighted by Gasteiger charge is -2.23. The monoisotopic (exact) mass is 424 g/mol. The Morgan fingerprint density at radius 1 is 1.10 bits per heavy atom. The first-order valence-electron chi connectivity index (χ1n) is 11.0. The Morgan fingerprint density at radius 3 is 2.35 bits per heavy atom. The van der Waals surface area contributed by atoms with Crippen molar-refractivity contribution in [3.8, 4) is 5.75 Å². The number of ether oxygens (including phenoxy) is 1. The number of para-hydroxylation sites is 1. The quantitative estimate of drug-likeness (QED) is 0.317. The number of hydrogen-bond acceptors (Lipinski definition) is 4. The normalized spacial score (nSPS) is 27.1. The van der Waals surface area contributed by atoms with Crippen LogP contribution in [0.1, 0.15) is 32.8 Å². The molecule has 7 heteroatoms. The summed E-state index contributed by atoms with van der Waals surface area (Å²) in [5.74, 6) is 1.64. The van der Waals surface area contributed by atoms with Crippen LogP contribution in [0.5, 0.6) is 5.75 Å². The van der Waals surface area contributed by atoms with Crippen LogP contribution in [0.25, 0.3) is 0 Å². The number of guanidine groups is 1. The molecule has 7 nitrogen and oxygen atoms in total. The van der Waals surface area contributed by atoms with Crippen molar-refractivity contribution in [1.29, 1.82) is 0 Å². The molecule has 1 saturated carbocycles. The van der Waals surface area contributed by atoms with Gasteiger partial charge in [-0.15, -0.1) is 0 Å². The van der Waals surface area contributed by atoms with Crippen molar-refractivity contribution in [3.63, 3.8) is 0 Å². The molecule has 1 saturated heterocycles. The summed E-state index contributed by atoms with van der Waals surface area (Å²) in [4.78, 5) is 31.3. The van der Waals surface area contributed by atoms with Crippen molar-refractivity contribution in [2.24, 2.45) is 28.7 Å². The SMILES string of the molecule is CN=C(NCCN1C(=O)C2C3C=CC(C3)C2C1=O)NCc1ccccc1OC(C)(C)C. The van der Waals surface area contributed by atoms with Crippen LogP contribution in [0.4, 0.5) is 0 Å². The van der Waals surface area contributed by atoms with Crippen LogP contribution >= 0.6 is 0 Å². The van der Waals surface area contributed by atoms with E-state index in [0.29, 0.717) is 25.6 Å². The van der Waals surface area contributed by atoms with Gasteiger partial charge < -0.3 is 15.4 Å². The third-order valence-corrected chi connectivity index (χ3v) is 6.25. The van der Waals surface area contributed by atoms with Crippen LogP contribution in [0.3, 0.4) is 0 Å². The van der Waals surface area contributed by atoms with Crippen molar-refractivity contribution in [2.45, 2.75) is 39.3 Å². The lowest BCUT2D eigenvalue weighted by Crippen LogP contribution is -2.43. The van der Waals surface area contributed by atoms with E-state index >= 15 is 0 Å². The van der Waals surface area contributed by atoms with Gasteiger partial charge in [-0.1, -0.05) is 30.4 Å². The van der Waals surface area contributed by atoms with Gasteiger partial charge in [-0.05, 0) is 45.1 Å². The molecule has 1 aromatic rings. The lowest BCUT2D eigenvalue weighted by atomic mass is 9.85. The Kier molecular flexibility index (Phi) is 5.77. The van der Waals surface area contributed by atoms with Gasteiger partial charge in [0.25, 0.3) is 0 Å². The topological polar surface area (TPSA) is 83.0 Å². The Balaban J connectivity index is 1.29. The predicted molar refractivity (Wildman–Crippen MR) is 119 cm³/mol. The van der Waals surface area contributed by atoms with Gasteiger partial charge in [-0.25, -0.2) is 0 Å². The van der Waals surface area contributed by atoms with Crippen molar-refractivity contribution >= 4 is 17.8 Å². The highest BCUT2D eigenvalue weighted by atomic mass is 16.5. The summed E-state index contributed by atoms with van der Waals surface area (Å²) in [6, 6.07) is 7.91. The molecule has 0 aromatic heterocycles. The van der Waals surface area contributed by atoms with Crippen LogP contribution in [0, 0.1) is 23.7 Å². The number of aliphatic imine (C=N–C) groups is 1. The van der Waals surface area contributed by atoms with Gasteiger partial charge in [0.2, 0.25) is 11.8 Å². The Labute approximate surface area is 183 Å². The maximum absolute atomic E-state index is 12.8. The van der Waals surface area contributed by atoms with Gasteiger partial charge in [0.15, 0.2) is 5.96 Å². The first-order chi connectivity index (χ1) is 14.8. The highest BCUT2D eigenvalue weighted by Crippen LogP contribution is 2.52. The number of likely N-dealkylation sites (tertiary alicyclic amines) is 1. The second-order valence-corrected chi connectivity index (χ2v) is 9.50. The second-order valence-electron chi connectivity index (χ2n) is 9.50. The molecule has 4 atom stereocenters. The fourth-order valence-corrected chi connectivity index (χ4v) is 4.95. The molecule has 166 valence electrons. The third kappa shape index (κ3) is 4.31. The summed E-state index contributed by atoms with van der Waals surface area (Å²) in [6.07, 6.45) is 5.19. The van der Waals surface area contributed by atoms with E-state index in [4.69, 9.17) is 4.74 Å². The molecule has 4 rings (SSSR count). The van der Waals surface area contributed by atoms with E-state index in [1.807, 2.05) is 45.0 Å². The lowest BCUT2D eigenvalue weighted by molar-refractivity contribution is -0.140. The first kappa shape index (κ1) is 21.4. The number of imide groups is 1. The van der Waals surface area contributed by atoms with E-state index in [0.717, 1.165) is 17.7 Å². The zero-order valence-corrected chi connectivity index (χ0v) is 18.7. The van der Waals surface area contributed by atoms with E-state index in [9.17, 15) is 9.59 Å². The number of rotatable bonds is 6. The first-order valence-corrected chi connectivity index (χ1v) is 11.0. The van der Waals surface area contributed by atoms with E-state index < -0.39 is 0 Å². The molecule has 31 heavy (non-hydrogen) atoms. The molecule has 1 aliphatic heterocycles. The predicted octanol–water partition coefficient (Wildman–Crippen LogP) is 2.34. The molecule has 4 unspecified atom stereocenters. The van der Waals surface area contributed by atoms with Crippen LogP contribution in [0.2, 0.25) is 0 Å². The van der Waals surface area contributed by atoms with E-state index in [-0.39, 0.29) is 41.1 Å². The highest BCUT2D eigenvalue weighted by molar-refractivity contribution is 6.06. The second kappa shape index (κ2) is 8.36. The fourth-order valence-electron chi connectivity index (χ4n) is 4.95. The summed E-state index contributed by atoms with van der Waals surface area (Å²) in [5, 5.41) is 6.50. The Hall–Kier alpha value is -2.83. The average Bonchev–Trinajstić information content (AvgIpc) is 3.40. The van der Waals surface area contributed by atoms with Crippen molar-refractivity contribution in [3.05, 3.63) is 42.0 Å². The summed E-state index contributed by atoms with van der Waals surface area (Å²) in [6.45, 7) is 7.43. The van der Waals surface area contributed by atoms with Crippen LogP contribution < -0.4 is 15.4 Å². The van der Waals surface area contributed by atoms with Gasteiger partial charge in [-0.3, -0.25) is 19.5 Å². The smallest absolute Gasteiger partial charge is 0.233 e.